The molecule has 3 rings (SSSR count). The van der Waals surface area contributed by atoms with E-state index >= 15 is 0 Å². The summed E-state index contributed by atoms with van der Waals surface area (Å²) in [5.41, 5.74) is 0.374. The lowest BCUT2D eigenvalue weighted by atomic mass is 10.2. The second kappa shape index (κ2) is 11.2. The van der Waals surface area contributed by atoms with Crippen LogP contribution in [0, 0.1) is 0 Å². The topological polar surface area (TPSA) is 129 Å². The number of anilines is 1. The molecule has 0 unspecified atom stereocenters. The zero-order chi connectivity index (χ0) is 26.5. The Morgan fingerprint density at radius 1 is 0.750 bits per heavy atom. The van der Waals surface area contributed by atoms with E-state index in [9.17, 15) is 18.0 Å². The molecule has 0 aliphatic rings. The van der Waals surface area contributed by atoms with E-state index in [0.29, 0.717) is 28.7 Å². The predicted molar refractivity (Wildman–Crippen MR) is 133 cm³/mol. The van der Waals surface area contributed by atoms with Crippen LogP contribution in [-0.4, -0.2) is 48.7 Å². The minimum absolute atomic E-state index is 0.0228. The van der Waals surface area contributed by atoms with Crippen LogP contribution < -0.4 is 29.0 Å². The maximum Gasteiger partial charge on any atom is 0.265 e. The van der Waals surface area contributed by atoms with Gasteiger partial charge in [0.1, 0.15) is 10.6 Å². The number of hydrogen-bond acceptors (Lipinski definition) is 8. The van der Waals surface area contributed by atoms with Crippen LogP contribution in [0.4, 0.5) is 5.69 Å². The van der Waals surface area contributed by atoms with E-state index in [2.05, 4.69) is 5.32 Å². The molecule has 0 aromatic heterocycles. The predicted octanol–water partition coefficient (Wildman–Crippen LogP) is 3.75. The van der Waals surface area contributed by atoms with Gasteiger partial charge in [-0.25, -0.2) is 13.1 Å². The Bertz CT molecular complexity index is 1370. The van der Waals surface area contributed by atoms with Crippen LogP contribution in [0.5, 0.6) is 23.0 Å². The molecule has 0 bridgehead atoms. The SMILES string of the molecule is COc1ccc(C(=O)NS(=O)(=O)c2cc(C(=O)Nc3cc(OC)c(OC)c(OC)c3)ccc2Cl)cc1. The lowest BCUT2D eigenvalue weighted by Crippen LogP contribution is -2.31. The van der Waals surface area contributed by atoms with Crippen LogP contribution >= 0.6 is 11.6 Å². The first-order valence-corrected chi connectivity index (χ1v) is 12.1. The summed E-state index contributed by atoms with van der Waals surface area (Å²) in [6, 6.07) is 12.5. The molecule has 3 aromatic carbocycles. The second-order valence-corrected chi connectivity index (χ2v) is 9.23. The molecule has 0 heterocycles. The van der Waals surface area contributed by atoms with Gasteiger partial charge >= 0.3 is 0 Å². The average Bonchev–Trinajstić information content (AvgIpc) is 2.87. The molecule has 0 saturated carbocycles. The van der Waals surface area contributed by atoms with Crippen molar-refractivity contribution < 1.29 is 37.0 Å². The van der Waals surface area contributed by atoms with Gasteiger partial charge < -0.3 is 24.3 Å². The van der Waals surface area contributed by atoms with Crippen LogP contribution in [0.3, 0.4) is 0 Å². The quantitative estimate of drug-likeness (QED) is 0.424. The molecule has 0 radical (unpaired) electrons. The van der Waals surface area contributed by atoms with Crippen molar-refractivity contribution >= 4 is 39.1 Å². The van der Waals surface area contributed by atoms with Crippen LogP contribution in [0.1, 0.15) is 20.7 Å². The largest absolute Gasteiger partial charge is 0.497 e. The number of amides is 2. The first kappa shape index (κ1) is 26.6. The van der Waals surface area contributed by atoms with E-state index in [1.54, 1.807) is 0 Å². The van der Waals surface area contributed by atoms with Gasteiger partial charge in [0.05, 0.1) is 33.5 Å². The van der Waals surface area contributed by atoms with Gasteiger partial charge in [0.15, 0.2) is 11.5 Å². The maximum atomic E-state index is 12.9. The Hall–Kier alpha value is -3.96. The van der Waals surface area contributed by atoms with Gasteiger partial charge in [-0.2, -0.15) is 0 Å². The summed E-state index contributed by atoms with van der Waals surface area (Å²) in [6.45, 7) is 0. The summed E-state index contributed by atoms with van der Waals surface area (Å²) < 4.78 is 48.6. The van der Waals surface area contributed by atoms with Crippen molar-refractivity contribution in [3.63, 3.8) is 0 Å². The Balaban J connectivity index is 1.86. The number of halogens is 1. The minimum atomic E-state index is -4.41. The third kappa shape index (κ3) is 5.81. The van der Waals surface area contributed by atoms with Crippen molar-refractivity contribution in [2.45, 2.75) is 4.90 Å². The molecule has 0 atom stereocenters. The van der Waals surface area contributed by atoms with E-state index in [1.165, 1.54) is 77.0 Å². The van der Waals surface area contributed by atoms with Crippen LogP contribution in [-0.2, 0) is 10.0 Å². The summed E-state index contributed by atoms with van der Waals surface area (Å²) in [7, 11) is 1.36. The lowest BCUT2D eigenvalue weighted by molar-refractivity contribution is 0.0980. The number of ether oxygens (including phenoxy) is 4. The van der Waals surface area contributed by atoms with Gasteiger partial charge in [-0.15, -0.1) is 0 Å². The molecular weight excluding hydrogens is 512 g/mol. The third-order valence-corrected chi connectivity index (χ3v) is 6.80. The van der Waals surface area contributed by atoms with Crippen LogP contribution in [0.2, 0.25) is 5.02 Å². The molecule has 10 nitrogen and oxygen atoms in total. The molecule has 2 N–H and O–H groups in total. The molecular formula is C24H23ClN2O8S. The highest BCUT2D eigenvalue weighted by Crippen LogP contribution is 2.40. The second-order valence-electron chi connectivity index (χ2n) is 7.18. The van der Waals surface area contributed by atoms with Gasteiger partial charge in [-0.05, 0) is 42.5 Å². The van der Waals surface area contributed by atoms with E-state index in [1.807, 2.05) is 4.72 Å². The standard InChI is InChI=1S/C24H23ClN2O8S/c1-32-17-8-5-14(6-9-17)24(29)27-36(30,31)21-11-15(7-10-18(21)25)23(28)26-16-12-19(33-2)22(35-4)20(13-16)34-3/h5-13H,1-4H3,(H,26,28)(H,27,29). The summed E-state index contributed by atoms with van der Waals surface area (Å²) in [5, 5.41) is 2.47. The minimum Gasteiger partial charge on any atom is -0.497 e. The average molecular weight is 535 g/mol. The molecule has 0 aliphatic heterocycles. The number of nitrogens with one attached hydrogen (secondary N) is 2. The third-order valence-electron chi connectivity index (χ3n) is 4.98. The molecule has 0 spiro atoms. The van der Waals surface area contributed by atoms with Gasteiger partial charge in [0, 0.05) is 28.9 Å². The highest BCUT2D eigenvalue weighted by molar-refractivity contribution is 7.90. The summed E-state index contributed by atoms with van der Waals surface area (Å²) in [6.07, 6.45) is 0. The Labute approximate surface area is 213 Å². The van der Waals surface area contributed by atoms with Gasteiger partial charge in [-0.1, -0.05) is 11.6 Å². The van der Waals surface area contributed by atoms with Crippen LogP contribution in [0.15, 0.2) is 59.5 Å². The van der Waals surface area contributed by atoms with Crippen molar-refractivity contribution in [2.24, 2.45) is 0 Å². The number of rotatable bonds is 9. The Morgan fingerprint density at radius 2 is 1.33 bits per heavy atom. The molecule has 190 valence electrons. The number of sulfonamides is 1. The van der Waals surface area contributed by atoms with Crippen molar-refractivity contribution in [1.82, 2.24) is 4.72 Å². The number of carbonyl (C=O) groups is 2. The van der Waals surface area contributed by atoms with E-state index in [-0.39, 0.29) is 16.1 Å². The lowest BCUT2D eigenvalue weighted by Gasteiger charge is -2.15. The number of benzene rings is 3. The molecule has 12 heteroatoms. The normalized spacial score (nSPS) is 10.8. The smallest absolute Gasteiger partial charge is 0.265 e. The van der Waals surface area contributed by atoms with Crippen molar-refractivity contribution in [3.05, 3.63) is 70.7 Å². The van der Waals surface area contributed by atoms with E-state index in [0.717, 1.165) is 6.07 Å². The van der Waals surface area contributed by atoms with Gasteiger partial charge in [0.2, 0.25) is 5.75 Å². The summed E-state index contributed by atoms with van der Waals surface area (Å²) in [4.78, 5) is 25.0. The zero-order valence-corrected chi connectivity index (χ0v) is 21.3. The molecule has 36 heavy (non-hydrogen) atoms. The van der Waals surface area contributed by atoms with Crippen molar-refractivity contribution in [2.75, 3.05) is 33.8 Å². The van der Waals surface area contributed by atoms with Crippen molar-refractivity contribution in [3.8, 4) is 23.0 Å². The Morgan fingerprint density at radius 3 is 1.86 bits per heavy atom. The van der Waals surface area contributed by atoms with Crippen LogP contribution in [0.25, 0.3) is 0 Å². The maximum absolute atomic E-state index is 12.9. The van der Waals surface area contributed by atoms with Gasteiger partial charge in [0.25, 0.3) is 21.8 Å². The zero-order valence-electron chi connectivity index (χ0n) is 19.7. The van der Waals surface area contributed by atoms with E-state index < -0.39 is 26.7 Å². The molecule has 2 amide bonds. The molecule has 3 aromatic rings. The van der Waals surface area contributed by atoms with Crippen molar-refractivity contribution in [1.29, 1.82) is 0 Å². The highest BCUT2D eigenvalue weighted by atomic mass is 35.5. The molecule has 0 saturated heterocycles. The number of hydrogen-bond donors (Lipinski definition) is 2. The fourth-order valence-electron chi connectivity index (χ4n) is 3.19. The number of carbonyl (C=O) groups excluding carboxylic acids is 2. The highest BCUT2D eigenvalue weighted by Gasteiger charge is 2.24. The van der Waals surface area contributed by atoms with Gasteiger partial charge in [-0.3, -0.25) is 9.59 Å². The number of methoxy groups -OCH3 is 4. The summed E-state index contributed by atoms with van der Waals surface area (Å²) >= 11 is 6.10. The first-order valence-electron chi connectivity index (χ1n) is 10.3. The summed E-state index contributed by atoms with van der Waals surface area (Å²) in [5.74, 6) is -0.0471. The Kier molecular flexibility index (Phi) is 8.28. The van der Waals surface area contributed by atoms with E-state index in [4.69, 9.17) is 30.5 Å². The fraction of sp³-hybridized carbons (Fsp3) is 0.167. The molecule has 0 fully saturated rings. The molecule has 0 aliphatic carbocycles. The monoisotopic (exact) mass is 534 g/mol. The first-order chi connectivity index (χ1) is 17.1. The fourth-order valence-corrected chi connectivity index (χ4v) is 4.69.